The van der Waals surface area contributed by atoms with E-state index in [4.69, 9.17) is 0 Å². The van der Waals surface area contributed by atoms with Gasteiger partial charge in [0.1, 0.15) is 4.70 Å². The molecule has 0 bridgehead atoms. The second-order valence-corrected chi connectivity index (χ2v) is 7.89. The number of thioether (sulfide) groups is 1. The van der Waals surface area contributed by atoms with Crippen LogP contribution in [0.2, 0.25) is 0 Å². The Kier molecular flexibility index (Phi) is 5.46. The van der Waals surface area contributed by atoms with E-state index in [9.17, 15) is 15.0 Å². The molecule has 3 aromatic heterocycles. The number of fused-ring (bicyclic) bond motifs is 1. The SMILES string of the molecule is Cc1nc(CSc2nc(NC(CO)CO)c3sc(=O)[nH]c3n2)cs1. The standard InChI is InChI=1S/C13H15N5O3S3/c1-6-14-8(4-22-6)5-23-12-16-10(15-7(2-19)3-20)9-11(17-12)18-13(21)24-9/h4,7,19-20H,2-3,5H2,1H3,(H2,15,16,17,18,21). The number of nitrogens with zero attached hydrogens (tertiary/aromatic N) is 3. The third kappa shape index (κ3) is 3.92. The van der Waals surface area contributed by atoms with Crippen LogP contribution in [0.25, 0.3) is 10.3 Å². The Hall–Kier alpha value is -1.53. The van der Waals surface area contributed by atoms with Crippen LogP contribution in [0, 0.1) is 6.92 Å². The number of aromatic amines is 1. The molecule has 0 radical (unpaired) electrons. The first-order chi connectivity index (χ1) is 11.6. The Morgan fingerprint density at radius 2 is 2.12 bits per heavy atom. The molecule has 0 aromatic carbocycles. The monoisotopic (exact) mass is 385 g/mol. The minimum absolute atomic E-state index is 0.232. The minimum Gasteiger partial charge on any atom is -0.394 e. The molecule has 0 fully saturated rings. The highest BCUT2D eigenvalue weighted by atomic mass is 32.2. The molecule has 0 atom stereocenters. The average Bonchev–Trinajstić information content (AvgIpc) is 3.15. The van der Waals surface area contributed by atoms with Crippen LogP contribution in [0.15, 0.2) is 15.3 Å². The summed E-state index contributed by atoms with van der Waals surface area (Å²) in [6, 6.07) is -0.556. The summed E-state index contributed by atoms with van der Waals surface area (Å²) in [5.41, 5.74) is 1.39. The van der Waals surface area contributed by atoms with Gasteiger partial charge in [0.05, 0.1) is 30.0 Å². The molecule has 0 spiro atoms. The summed E-state index contributed by atoms with van der Waals surface area (Å²) in [5.74, 6) is 1.04. The maximum absolute atomic E-state index is 11.6. The summed E-state index contributed by atoms with van der Waals surface area (Å²) in [7, 11) is 0. The van der Waals surface area contributed by atoms with Crippen molar-refractivity contribution in [3.8, 4) is 0 Å². The fraction of sp³-hybridized carbons (Fsp3) is 0.385. The predicted octanol–water partition coefficient (Wildman–Crippen LogP) is 1.20. The number of hydrogen-bond acceptors (Lipinski definition) is 10. The van der Waals surface area contributed by atoms with Crippen LogP contribution >= 0.6 is 34.4 Å². The fourth-order valence-corrected chi connectivity index (χ4v) is 4.13. The maximum Gasteiger partial charge on any atom is 0.306 e. The van der Waals surface area contributed by atoms with Gasteiger partial charge < -0.3 is 15.5 Å². The highest BCUT2D eigenvalue weighted by Crippen LogP contribution is 2.27. The molecule has 0 unspecified atom stereocenters. The molecule has 0 aliphatic heterocycles. The van der Waals surface area contributed by atoms with Crippen LogP contribution in [0.1, 0.15) is 10.7 Å². The molecule has 11 heteroatoms. The van der Waals surface area contributed by atoms with Gasteiger partial charge in [-0.25, -0.2) is 15.0 Å². The summed E-state index contributed by atoms with van der Waals surface area (Å²) < 4.78 is 0.570. The lowest BCUT2D eigenvalue weighted by atomic mass is 10.3. The van der Waals surface area contributed by atoms with Crippen LogP contribution < -0.4 is 10.2 Å². The Morgan fingerprint density at radius 1 is 1.33 bits per heavy atom. The third-order valence-electron chi connectivity index (χ3n) is 3.06. The van der Waals surface area contributed by atoms with E-state index in [0.29, 0.717) is 27.1 Å². The van der Waals surface area contributed by atoms with Gasteiger partial charge in [-0.2, -0.15) is 0 Å². The van der Waals surface area contributed by atoms with Crippen molar-refractivity contribution in [1.29, 1.82) is 0 Å². The van der Waals surface area contributed by atoms with E-state index < -0.39 is 6.04 Å². The first-order valence-corrected chi connectivity index (χ1v) is 9.70. The van der Waals surface area contributed by atoms with Gasteiger partial charge in [0.25, 0.3) is 0 Å². The first-order valence-electron chi connectivity index (χ1n) is 7.02. The second-order valence-electron chi connectivity index (χ2n) is 4.90. The van der Waals surface area contributed by atoms with Gasteiger partial charge in [-0.1, -0.05) is 23.1 Å². The van der Waals surface area contributed by atoms with E-state index in [-0.39, 0.29) is 18.1 Å². The lowest BCUT2D eigenvalue weighted by molar-refractivity contribution is 0.203. The van der Waals surface area contributed by atoms with E-state index in [0.717, 1.165) is 22.0 Å². The maximum atomic E-state index is 11.6. The zero-order valence-corrected chi connectivity index (χ0v) is 15.1. The highest BCUT2D eigenvalue weighted by Gasteiger charge is 2.15. The summed E-state index contributed by atoms with van der Waals surface area (Å²) in [4.78, 5) is 27.2. The first kappa shape index (κ1) is 17.3. The van der Waals surface area contributed by atoms with Crippen LogP contribution in [-0.2, 0) is 5.75 Å². The van der Waals surface area contributed by atoms with Crippen molar-refractivity contribution < 1.29 is 10.2 Å². The smallest absolute Gasteiger partial charge is 0.306 e. The van der Waals surface area contributed by atoms with Crippen LogP contribution in [0.5, 0.6) is 0 Å². The molecular weight excluding hydrogens is 370 g/mol. The molecule has 24 heavy (non-hydrogen) atoms. The molecule has 8 nitrogen and oxygen atoms in total. The van der Waals surface area contributed by atoms with Crippen LogP contribution in [0.3, 0.4) is 0 Å². The van der Waals surface area contributed by atoms with Gasteiger partial charge in [0.2, 0.25) is 0 Å². The second kappa shape index (κ2) is 7.57. The largest absolute Gasteiger partial charge is 0.394 e. The Labute approximate surface area is 149 Å². The number of hydrogen-bond donors (Lipinski definition) is 4. The van der Waals surface area contributed by atoms with Crippen molar-refractivity contribution >= 4 is 50.6 Å². The van der Waals surface area contributed by atoms with Crippen molar-refractivity contribution in [2.24, 2.45) is 0 Å². The van der Waals surface area contributed by atoms with E-state index in [2.05, 4.69) is 25.3 Å². The molecule has 3 rings (SSSR count). The van der Waals surface area contributed by atoms with Gasteiger partial charge >= 0.3 is 4.87 Å². The normalized spacial score (nSPS) is 11.5. The molecule has 3 heterocycles. The molecule has 3 aromatic rings. The van der Waals surface area contributed by atoms with Crippen molar-refractivity contribution in [2.75, 3.05) is 18.5 Å². The summed E-state index contributed by atoms with van der Waals surface area (Å²) in [5, 5.41) is 24.9. The Balaban J connectivity index is 1.88. The van der Waals surface area contributed by atoms with Crippen LogP contribution in [0.4, 0.5) is 5.82 Å². The lowest BCUT2D eigenvalue weighted by Gasteiger charge is -2.14. The van der Waals surface area contributed by atoms with Crippen LogP contribution in [-0.4, -0.2) is 49.4 Å². The van der Waals surface area contributed by atoms with Crippen molar-refractivity contribution in [1.82, 2.24) is 19.9 Å². The van der Waals surface area contributed by atoms with Crippen molar-refractivity contribution in [2.45, 2.75) is 23.9 Å². The van der Waals surface area contributed by atoms with Crippen molar-refractivity contribution in [3.63, 3.8) is 0 Å². The molecule has 0 aliphatic carbocycles. The molecule has 4 N–H and O–H groups in total. The third-order valence-corrected chi connectivity index (χ3v) is 5.64. The van der Waals surface area contributed by atoms with Gasteiger partial charge in [0.15, 0.2) is 16.6 Å². The topological polar surface area (TPSA) is 124 Å². The molecular formula is C13H15N5O3S3. The summed E-state index contributed by atoms with van der Waals surface area (Å²) >= 11 is 3.98. The number of aromatic nitrogens is 4. The average molecular weight is 385 g/mol. The predicted molar refractivity (Wildman–Crippen MR) is 96.0 cm³/mol. The number of aliphatic hydroxyl groups excluding tert-OH is 2. The zero-order valence-electron chi connectivity index (χ0n) is 12.6. The Morgan fingerprint density at radius 3 is 2.79 bits per heavy atom. The van der Waals surface area contributed by atoms with E-state index in [1.807, 2.05) is 12.3 Å². The number of thiazole rings is 2. The summed E-state index contributed by atoms with van der Waals surface area (Å²) in [6.07, 6.45) is 0. The number of aliphatic hydroxyl groups is 2. The van der Waals surface area contributed by atoms with Gasteiger partial charge in [-0.3, -0.25) is 9.78 Å². The minimum atomic E-state index is -0.556. The molecule has 0 amide bonds. The lowest BCUT2D eigenvalue weighted by Crippen LogP contribution is -2.28. The highest BCUT2D eigenvalue weighted by molar-refractivity contribution is 7.98. The van der Waals surface area contributed by atoms with Crippen molar-refractivity contribution in [3.05, 3.63) is 25.7 Å². The number of nitrogens with one attached hydrogen (secondary N) is 2. The summed E-state index contributed by atoms with van der Waals surface area (Å²) in [6.45, 7) is 1.45. The quantitative estimate of drug-likeness (QED) is 0.353. The molecule has 0 aliphatic rings. The van der Waals surface area contributed by atoms with E-state index in [1.54, 1.807) is 11.3 Å². The molecule has 0 saturated heterocycles. The Bertz CT molecular complexity index is 886. The number of aryl methyl sites for hydroxylation is 1. The number of H-pyrrole nitrogens is 1. The molecule has 0 saturated carbocycles. The van der Waals surface area contributed by atoms with Gasteiger partial charge in [-0.15, -0.1) is 11.3 Å². The van der Waals surface area contributed by atoms with E-state index >= 15 is 0 Å². The molecule has 128 valence electrons. The van der Waals surface area contributed by atoms with Gasteiger partial charge in [0, 0.05) is 11.1 Å². The zero-order chi connectivity index (χ0) is 17.1. The van der Waals surface area contributed by atoms with E-state index in [1.165, 1.54) is 11.8 Å². The fourth-order valence-electron chi connectivity index (χ4n) is 1.94. The number of rotatable bonds is 7. The van der Waals surface area contributed by atoms with Gasteiger partial charge in [-0.05, 0) is 6.92 Å². The number of anilines is 1.